The maximum atomic E-state index is 12.0. The number of halogens is 2. The van der Waals surface area contributed by atoms with Crippen molar-refractivity contribution in [1.82, 2.24) is 14.8 Å². The summed E-state index contributed by atoms with van der Waals surface area (Å²) in [6.45, 7) is 1.74. The Balaban J connectivity index is 0.00000144. The molecule has 136 valence electrons. The first-order valence-electron chi connectivity index (χ1n) is 7.33. The van der Waals surface area contributed by atoms with Gasteiger partial charge in [-0.2, -0.15) is 0 Å². The maximum absolute atomic E-state index is 12.0. The van der Waals surface area contributed by atoms with Gasteiger partial charge < -0.3 is 10.6 Å². The summed E-state index contributed by atoms with van der Waals surface area (Å²) in [5, 5.41) is 0. The van der Waals surface area contributed by atoms with Crippen LogP contribution in [0.15, 0.2) is 24.5 Å². The summed E-state index contributed by atoms with van der Waals surface area (Å²) in [4.78, 5) is 19.9. The van der Waals surface area contributed by atoms with Crippen molar-refractivity contribution in [3.05, 3.63) is 30.1 Å². The lowest BCUT2D eigenvalue weighted by Crippen LogP contribution is -2.61. The summed E-state index contributed by atoms with van der Waals surface area (Å²) in [5.41, 5.74) is 6.49. The third-order valence-corrected chi connectivity index (χ3v) is 6.09. The number of rotatable bonds is 3. The number of nitrogens with two attached hydrogens (primary N) is 1. The number of pyridine rings is 1. The van der Waals surface area contributed by atoms with Crippen LogP contribution in [0.1, 0.15) is 5.56 Å². The summed E-state index contributed by atoms with van der Waals surface area (Å²) in [7, 11) is -3.12. The lowest BCUT2D eigenvalue weighted by Gasteiger charge is -2.43. The highest BCUT2D eigenvalue weighted by Crippen LogP contribution is 2.28. The first-order valence-corrected chi connectivity index (χ1v) is 9.15. The summed E-state index contributed by atoms with van der Waals surface area (Å²) in [6, 6.07) is 3.40. The Morgan fingerprint density at radius 2 is 1.96 bits per heavy atom. The van der Waals surface area contributed by atoms with Crippen LogP contribution in [0.25, 0.3) is 0 Å². The Kier molecular flexibility index (Phi) is 7.43. The van der Waals surface area contributed by atoms with Gasteiger partial charge in [-0.25, -0.2) is 8.42 Å². The number of nitrogens with zero attached hydrogens (tertiary/aromatic N) is 3. The number of carbonyl (C=O) groups is 1. The molecule has 0 radical (unpaired) electrons. The second kappa shape index (κ2) is 8.44. The predicted octanol–water partition coefficient (Wildman–Crippen LogP) is -0.306. The first kappa shape index (κ1) is 21.1. The second-order valence-corrected chi connectivity index (χ2v) is 7.99. The van der Waals surface area contributed by atoms with Gasteiger partial charge in [0.15, 0.2) is 9.84 Å². The standard InChI is InChI=1S/C14H20N4O3S.2ClH/c15-6-14(19)18-5-4-17(8-11-2-1-3-16-7-11)12-9-22(20,21)10-13(12)18;;/h1-3,7,12-13H,4-6,8-10,15H2;2*1H/t12-,13+;;/m1../s1. The molecule has 1 aromatic heterocycles. The highest BCUT2D eigenvalue weighted by Gasteiger charge is 2.47. The molecular weight excluding hydrogens is 375 g/mol. The minimum atomic E-state index is -3.12. The van der Waals surface area contributed by atoms with Gasteiger partial charge in [-0.15, -0.1) is 24.8 Å². The number of amides is 1. The van der Waals surface area contributed by atoms with Crippen LogP contribution in [0.3, 0.4) is 0 Å². The summed E-state index contributed by atoms with van der Waals surface area (Å²) >= 11 is 0. The maximum Gasteiger partial charge on any atom is 0.236 e. The molecule has 2 N–H and O–H groups in total. The van der Waals surface area contributed by atoms with Crippen molar-refractivity contribution in [2.45, 2.75) is 18.6 Å². The third kappa shape index (κ3) is 4.37. The molecule has 1 amide bonds. The average molecular weight is 397 g/mol. The monoisotopic (exact) mass is 396 g/mol. The molecule has 2 saturated heterocycles. The molecule has 2 atom stereocenters. The van der Waals surface area contributed by atoms with Crippen molar-refractivity contribution in [3.63, 3.8) is 0 Å². The fourth-order valence-corrected chi connectivity index (χ4v) is 5.39. The van der Waals surface area contributed by atoms with E-state index in [1.807, 2.05) is 12.1 Å². The Bertz CT molecular complexity index is 659. The number of sulfone groups is 1. The molecule has 0 bridgehead atoms. The molecule has 2 aliphatic heterocycles. The molecule has 0 aromatic carbocycles. The van der Waals surface area contributed by atoms with Crippen molar-refractivity contribution < 1.29 is 13.2 Å². The topological polar surface area (TPSA) is 96.6 Å². The van der Waals surface area contributed by atoms with E-state index in [4.69, 9.17) is 5.73 Å². The normalized spacial score (nSPS) is 25.3. The lowest BCUT2D eigenvalue weighted by atomic mass is 10.0. The molecule has 0 aliphatic carbocycles. The summed E-state index contributed by atoms with van der Waals surface area (Å²) in [6.07, 6.45) is 3.50. The smallest absolute Gasteiger partial charge is 0.236 e. The molecule has 10 heteroatoms. The van der Waals surface area contributed by atoms with Crippen LogP contribution in [0.4, 0.5) is 0 Å². The van der Waals surface area contributed by atoms with Gasteiger partial charge in [-0.05, 0) is 11.6 Å². The highest BCUT2D eigenvalue weighted by atomic mass is 35.5. The number of aromatic nitrogens is 1. The van der Waals surface area contributed by atoms with Crippen molar-refractivity contribution in [2.75, 3.05) is 31.1 Å². The van der Waals surface area contributed by atoms with Crippen molar-refractivity contribution in [2.24, 2.45) is 5.73 Å². The predicted molar refractivity (Wildman–Crippen MR) is 96.1 cm³/mol. The SMILES string of the molecule is Cl.Cl.NCC(=O)N1CCN(Cc2cccnc2)[C@@H]2CS(=O)(=O)C[C@@H]21. The third-order valence-electron chi connectivity index (χ3n) is 4.39. The highest BCUT2D eigenvalue weighted by molar-refractivity contribution is 7.91. The van der Waals surface area contributed by atoms with Crippen LogP contribution < -0.4 is 5.73 Å². The van der Waals surface area contributed by atoms with Gasteiger partial charge in [0.05, 0.1) is 24.1 Å². The Morgan fingerprint density at radius 3 is 2.58 bits per heavy atom. The zero-order chi connectivity index (χ0) is 15.7. The zero-order valence-corrected chi connectivity index (χ0v) is 15.5. The number of piperazine rings is 1. The molecule has 24 heavy (non-hydrogen) atoms. The largest absolute Gasteiger partial charge is 0.335 e. The van der Waals surface area contributed by atoms with Crippen LogP contribution >= 0.6 is 24.8 Å². The van der Waals surface area contributed by atoms with Gasteiger partial charge in [0, 0.05) is 38.1 Å². The molecular formula is C14H22Cl2N4O3S. The van der Waals surface area contributed by atoms with E-state index in [9.17, 15) is 13.2 Å². The van der Waals surface area contributed by atoms with Gasteiger partial charge in [0.2, 0.25) is 5.91 Å². The van der Waals surface area contributed by atoms with E-state index < -0.39 is 9.84 Å². The quantitative estimate of drug-likeness (QED) is 0.752. The van der Waals surface area contributed by atoms with Gasteiger partial charge in [0.25, 0.3) is 0 Å². The fourth-order valence-electron chi connectivity index (χ4n) is 3.37. The number of hydrogen-bond donors (Lipinski definition) is 1. The summed E-state index contributed by atoms with van der Waals surface area (Å²) in [5.74, 6) is -0.0349. The molecule has 7 nitrogen and oxygen atoms in total. The molecule has 3 rings (SSSR count). The molecule has 2 fully saturated rings. The molecule has 1 aromatic rings. The van der Waals surface area contributed by atoms with Crippen molar-refractivity contribution in [3.8, 4) is 0 Å². The average Bonchev–Trinajstić information content (AvgIpc) is 2.83. The van der Waals surface area contributed by atoms with Crippen LogP contribution in [0, 0.1) is 0 Å². The zero-order valence-electron chi connectivity index (χ0n) is 13.1. The van der Waals surface area contributed by atoms with Gasteiger partial charge in [-0.3, -0.25) is 14.7 Å². The van der Waals surface area contributed by atoms with Crippen LogP contribution in [-0.2, 0) is 21.2 Å². The Hall–Kier alpha value is -0.930. The van der Waals surface area contributed by atoms with E-state index in [1.54, 1.807) is 17.3 Å². The molecule has 3 heterocycles. The Morgan fingerprint density at radius 1 is 1.25 bits per heavy atom. The van der Waals surface area contributed by atoms with E-state index in [-0.39, 0.29) is 60.9 Å². The van der Waals surface area contributed by atoms with E-state index in [0.717, 1.165) is 5.56 Å². The van der Waals surface area contributed by atoms with E-state index in [0.29, 0.717) is 19.6 Å². The van der Waals surface area contributed by atoms with Gasteiger partial charge in [0.1, 0.15) is 0 Å². The van der Waals surface area contributed by atoms with Crippen LogP contribution in [-0.4, -0.2) is 72.3 Å². The fraction of sp³-hybridized carbons (Fsp3) is 0.571. The van der Waals surface area contributed by atoms with Crippen LogP contribution in [0.2, 0.25) is 0 Å². The van der Waals surface area contributed by atoms with Crippen LogP contribution in [0.5, 0.6) is 0 Å². The Labute approximate surface area is 154 Å². The minimum Gasteiger partial charge on any atom is -0.335 e. The minimum absolute atomic E-state index is 0. The molecule has 0 unspecified atom stereocenters. The molecule has 0 saturated carbocycles. The second-order valence-electron chi connectivity index (χ2n) is 5.83. The molecule has 2 aliphatic rings. The van der Waals surface area contributed by atoms with E-state index in [1.165, 1.54) is 0 Å². The van der Waals surface area contributed by atoms with E-state index in [2.05, 4.69) is 9.88 Å². The lowest BCUT2D eigenvalue weighted by molar-refractivity contribution is -0.135. The number of fused-ring (bicyclic) bond motifs is 1. The number of carbonyl (C=O) groups excluding carboxylic acids is 1. The van der Waals surface area contributed by atoms with Crippen molar-refractivity contribution in [1.29, 1.82) is 0 Å². The van der Waals surface area contributed by atoms with Gasteiger partial charge in [-0.1, -0.05) is 6.07 Å². The molecule has 0 spiro atoms. The van der Waals surface area contributed by atoms with Gasteiger partial charge >= 0.3 is 0 Å². The van der Waals surface area contributed by atoms with E-state index >= 15 is 0 Å². The first-order chi connectivity index (χ1) is 10.5. The summed E-state index contributed by atoms with van der Waals surface area (Å²) < 4.78 is 24.1. The van der Waals surface area contributed by atoms with Crippen molar-refractivity contribution >= 4 is 40.6 Å². The number of hydrogen-bond acceptors (Lipinski definition) is 6.